The maximum atomic E-state index is 5.57. The molecule has 0 aliphatic heterocycles. The van der Waals surface area contributed by atoms with Gasteiger partial charge in [-0.25, -0.2) is 9.67 Å². The predicted molar refractivity (Wildman–Crippen MR) is 110 cm³/mol. The number of nitrogens with zero attached hydrogens (tertiary/aromatic N) is 5. The Morgan fingerprint density at radius 3 is 2.81 bits per heavy atom. The first-order valence-corrected chi connectivity index (χ1v) is 10.4. The summed E-state index contributed by atoms with van der Waals surface area (Å²) >= 11 is 9.06. The lowest BCUT2D eigenvalue weighted by Gasteiger charge is -2.14. The van der Waals surface area contributed by atoms with Gasteiger partial charge in [0, 0.05) is 18.3 Å². The Balaban J connectivity index is 1.48. The largest absolute Gasteiger partial charge is 0.307 e. The molecule has 26 heavy (non-hydrogen) atoms. The van der Waals surface area contributed by atoms with Crippen LogP contribution in [0, 0.1) is 4.77 Å². The second kappa shape index (κ2) is 7.40. The molecule has 0 saturated heterocycles. The molecule has 0 amide bonds. The number of thiazole rings is 1. The molecule has 0 bridgehead atoms. The Hall–Kier alpha value is -1.87. The van der Waals surface area contributed by atoms with Gasteiger partial charge in [-0.3, -0.25) is 4.90 Å². The minimum Gasteiger partial charge on any atom is -0.307 e. The van der Waals surface area contributed by atoms with Crippen molar-refractivity contribution in [3.05, 3.63) is 62.3 Å². The van der Waals surface area contributed by atoms with Gasteiger partial charge in [-0.2, -0.15) is 5.10 Å². The number of benzene rings is 1. The number of thiophene rings is 1. The third kappa shape index (κ3) is 3.64. The van der Waals surface area contributed by atoms with Crippen molar-refractivity contribution in [1.82, 2.24) is 24.2 Å². The topological polar surface area (TPSA) is 38.9 Å². The molecule has 0 aliphatic carbocycles. The molecule has 0 aliphatic rings. The Kier molecular flexibility index (Phi) is 4.99. The van der Waals surface area contributed by atoms with E-state index in [4.69, 9.17) is 22.3 Å². The number of hydrogen-bond acceptors (Lipinski definition) is 6. The molecule has 8 heteroatoms. The number of hydrogen-bond donors (Lipinski definition) is 0. The van der Waals surface area contributed by atoms with Crippen molar-refractivity contribution in [3.63, 3.8) is 0 Å². The molecule has 0 saturated carbocycles. The van der Waals surface area contributed by atoms with Gasteiger partial charge in [0.05, 0.1) is 23.4 Å². The van der Waals surface area contributed by atoms with Gasteiger partial charge >= 0.3 is 0 Å². The molecule has 4 rings (SSSR count). The highest BCUT2D eigenvalue weighted by Crippen LogP contribution is 2.22. The van der Waals surface area contributed by atoms with Crippen LogP contribution in [-0.4, -0.2) is 31.3 Å². The Bertz CT molecular complexity index is 1040. The van der Waals surface area contributed by atoms with E-state index >= 15 is 0 Å². The fraction of sp³-hybridized carbons (Fsp3) is 0.278. The van der Waals surface area contributed by atoms with Crippen molar-refractivity contribution in [1.29, 1.82) is 0 Å². The van der Waals surface area contributed by atoms with Crippen molar-refractivity contribution in [2.24, 2.45) is 7.05 Å². The smallest absolute Gasteiger partial charge is 0.198 e. The quantitative estimate of drug-likeness (QED) is 0.452. The fourth-order valence-corrected chi connectivity index (χ4v) is 4.80. The van der Waals surface area contributed by atoms with E-state index in [2.05, 4.69) is 47.7 Å². The van der Waals surface area contributed by atoms with E-state index in [0.717, 1.165) is 34.1 Å². The second-order valence-electron chi connectivity index (χ2n) is 6.24. The molecule has 4 aromatic rings. The van der Waals surface area contributed by atoms with E-state index < -0.39 is 0 Å². The molecule has 0 atom stereocenters. The average Bonchev–Trinajstić information content (AvgIpc) is 3.32. The first-order valence-electron chi connectivity index (χ1n) is 8.28. The summed E-state index contributed by atoms with van der Waals surface area (Å²) in [7, 11) is 4.06. The van der Waals surface area contributed by atoms with Crippen LogP contribution in [0.25, 0.3) is 10.2 Å². The molecule has 0 unspecified atom stereocenters. The average molecular weight is 402 g/mol. The van der Waals surface area contributed by atoms with Crippen molar-refractivity contribution in [3.8, 4) is 0 Å². The maximum absolute atomic E-state index is 5.57. The molecule has 134 valence electrons. The maximum Gasteiger partial charge on any atom is 0.198 e. The van der Waals surface area contributed by atoms with E-state index in [0.29, 0.717) is 6.67 Å². The molecule has 0 fully saturated rings. The van der Waals surface area contributed by atoms with Crippen LogP contribution in [-0.2, 0) is 26.7 Å². The summed E-state index contributed by atoms with van der Waals surface area (Å²) in [4.78, 5) is 8.19. The van der Waals surface area contributed by atoms with Crippen LogP contribution in [0.15, 0.2) is 41.8 Å². The lowest BCUT2D eigenvalue weighted by molar-refractivity contribution is 0.243. The molecule has 1 aromatic carbocycles. The van der Waals surface area contributed by atoms with Gasteiger partial charge in [-0.1, -0.05) is 18.2 Å². The molecule has 0 radical (unpaired) electrons. The molecule has 0 N–H and O–H groups in total. The first kappa shape index (κ1) is 17.5. The zero-order chi connectivity index (χ0) is 18.1. The monoisotopic (exact) mass is 401 g/mol. The van der Waals surface area contributed by atoms with Gasteiger partial charge in [-0.05, 0) is 42.8 Å². The summed E-state index contributed by atoms with van der Waals surface area (Å²) in [5.74, 6) is 0.992. The lowest BCUT2D eigenvalue weighted by atomic mass is 10.3. The minimum absolute atomic E-state index is 0.646. The summed E-state index contributed by atoms with van der Waals surface area (Å²) in [5, 5.41) is 7.93. The third-order valence-electron chi connectivity index (χ3n) is 4.16. The Morgan fingerprint density at radius 2 is 2.04 bits per heavy atom. The van der Waals surface area contributed by atoms with Crippen LogP contribution in [0.2, 0.25) is 0 Å². The number of rotatable bonds is 6. The molecule has 5 nitrogen and oxygen atoms in total. The molecular weight excluding hydrogens is 382 g/mol. The van der Waals surface area contributed by atoms with Gasteiger partial charge in [0.25, 0.3) is 0 Å². The predicted octanol–water partition coefficient (Wildman–Crippen LogP) is 4.30. The summed E-state index contributed by atoms with van der Waals surface area (Å²) in [6.45, 7) is 1.42. The zero-order valence-corrected chi connectivity index (χ0v) is 17.1. The van der Waals surface area contributed by atoms with Gasteiger partial charge in [0.15, 0.2) is 4.77 Å². The Labute approximate surface area is 165 Å². The minimum atomic E-state index is 0.646. The SMILES string of the molecule is CN(Cc1nc2ccccc2s1)Cn1nc(Cc2cccs2)n(C)c1=S. The van der Waals surface area contributed by atoms with Crippen molar-refractivity contribution < 1.29 is 0 Å². The van der Waals surface area contributed by atoms with E-state index in [-0.39, 0.29) is 0 Å². The van der Waals surface area contributed by atoms with Gasteiger partial charge in [0.2, 0.25) is 0 Å². The summed E-state index contributed by atoms with van der Waals surface area (Å²) in [6.07, 6.45) is 0.812. The fourth-order valence-electron chi connectivity index (χ4n) is 2.84. The van der Waals surface area contributed by atoms with E-state index in [1.807, 2.05) is 22.4 Å². The normalized spacial score (nSPS) is 11.7. The van der Waals surface area contributed by atoms with Crippen molar-refractivity contribution >= 4 is 45.1 Å². The highest BCUT2D eigenvalue weighted by Gasteiger charge is 2.12. The number of fused-ring (bicyclic) bond motifs is 1. The van der Waals surface area contributed by atoms with Crippen LogP contribution in [0.1, 0.15) is 15.7 Å². The van der Waals surface area contributed by atoms with Crippen LogP contribution in [0.4, 0.5) is 0 Å². The molecule has 3 heterocycles. The summed E-state index contributed by atoms with van der Waals surface area (Å²) in [6, 6.07) is 12.4. The molecule has 3 aromatic heterocycles. The van der Waals surface area contributed by atoms with Crippen LogP contribution in [0.5, 0.6) is 0 Å². The number of aromatic nitrogens is 4. The van der Waals surface area contributed by atoms with E-state index in [9.17, 15) is 0 Å². The lowest BCUT2D eigenvalue weighted by Crippen LogP contribution is -2.22. The standard InChI is InChI=1S/C18H19N5S3/c1-21(11-17-19-14-7-3-4-8-15(14)26-17)12-23-18(24)22(2)16(20-23)10-13-6-5-9-25-13/h3-9H,10-12H2,1-2H3. The summed E-state index contributed by atoms with van der Waals surface area (Å²) < 4.78 is 5.86. The highest BCUT2D eigenvalue weighted by atomic mass is 32.1. The molecular formula is C18H19N5S3. The highest BCUT2D eigenvalue weighted by molar-refractivity contribution is 7.71. The van der Waals surface area contributed by atoms with E-state index in [1.165, 1.54) is 9.58 Å². The zero-order valence-electron chi connectivity index (χ0n) is 14.6. The van der Waals surface area contributed by atoms with Crippen molar-refractivity contribution in [2.45, 2.75) is 19.6 Å². The van der Waals surface area contributed by atoms with Gasteiger partial charge in [0.1, 0.15) is 10.8 Å². The second-order valence-corrected chi connectivity index (χ2v) is 8.76. The number of para-hydroxylation sites is 1. The van der Waals surface area contributed by atoms with Crippen molar-refractivity contribution in [2.75, 3.05) is 7.05 Å². The Morgan fingerprint density at radius 1 is 1.19 bits per heavy atom. The van der Waals surface area contributed by atoms with Crippen LogP contribution in [0.3, 0.4) is 0 Å². The van der Waals surface area contributed by atoms with Gasteiger partial charge < -0.3 is 4.57 Å². The summed E-state index contributed by atoms with van der Waals surface area (Å²) in [5.41, 5.74) is 1.06. The molecule has 0 spiro atoms. The van der Waals surface area contributed by atoms with E-state index in [1.54, 1.807) is 22.7 Å². The first-order chi connectivity index (χ1) is 12.6. The van der Waals surface area contributed by atoms with Gasteiger partial charge in [-0.15, -0.1) is 22.7 Å². The third-order valence-corrected chi connectivity index (χ3v) is 6.54. The van der Waals surface area contributed by atoms with Crippen LogP contribution >= 0.6 is 34.9 Å². The van der Waals surface area contributed by atoms with Crippen LogP contribution < -0.4 is 0 Å².